The molecule has 0 aromatic heterocycles. The molecular weight excluding hydrogens is 208 g/mol. The Morgan fingerprint density at radius 1 is 1.19 bits per heavy atom. The van der Waals surface area contributed by atoms with Gasteiger partial charge in [-0.1, -0.05) is 0 Å². The largest absolute Gasteiger partial charge is 0.480 e. The SMILES string of the molecule is O=C(O)CNC(=O)NC1C2C3CCC(C3)C12. The zero-order valence-corrected chi connectivity index (χ0v) is 8.98. The van der Waals surface area contributed by atoms with Gasteiger partial charge in [0, 0.05) is 6.04 Å². The van der Waals surface area contributed by atoms with Crippen LogP contribution in [0.4, 0.5) is 4.79 Å². The second kappa shape index (κ2) is 3.37. The van der Waals surface area contributed by atoms with Crippen molar-refractivity contribution in [1.82, 2.24) is 10.6 Å². The van der Waals surface area contributed by atoms with Gasteiger partial charge in [0.05, 0.1) is 0 Å². The van der Waals surface area contributed by atoms with Gasteiger partial charge in [-0.15, -0.1) is 0 Å². The molecule has 3 fully saturated rings. The summed E-state index contributed by atoms with van der Waals surface area (Å²) in [5.74, 6) is 2.01. The van der Waals surface area contributed by atoms with Crippen LogP contribution < -0.4 is 10.6 Å². The molecule has 4 atom stereocenters. The van der Waals surface area contributed by atoms with E-state index in [0.717, 1.165) is 11.8 Å². The van der Waals surface area contributed by atoms with Crippen LogP contribution in [0.1, 0.15) is 19.3 Å². The summed E-state index contributed by atoms with van der Waals surface area (Å²) < 4.78 is 0. The molecule has 16 heavy (non-hydrogen) atoms. The third kappa shape index (κ3) is 1.45. The minimum absolute atomic E-state index is 0.305. The van der Waals surface area contributed by atoms with Crippen molar-refractivity contribution >= 4 is 12.0 Å². The summed E-state index contributed by atoms with van der Waals surface area (Å²) in [6.45, 7) is -0.305. The maximum atomic E-state index is 11.4. The van der Waals surface area contributed by atoms with Crippen molar-refractivity contribution in [2.45, 2.75) is 25.3 Å². The number of amides is 2. The molecule has 0 radical (unpaired) electrons. The third-order valence-corrected chi connectivity index (χ3v) is 4.43. The van der Waals surface area contributed by atoms with Crippen LogP contribution in [-0.2, 0) is 4.79 Å². The van der Waals surface area contributed by atoms with Gasteiger partial charge >= 0.3 is 12.0 Å². The third-order valence-electron chi connectivity index (χ3n) is 4.43. The molecule has 0 heterocycles. The first-order valence-electron chi connectivity index (χ1n) is 5.93. The molecule has 3 saturated carbocycles. The smallest absolute Gasteiger partial charge is 0.323 e. The first kappa shape index (κ1) is 9.93. The minimum Gasteiger partial charge on any atom is -0.480 e. The van der Waals surface area contributed by atoms with E-state index in [0.29, 0.717) is 17.9 Å². The Morgan fingerprint density at radius 2 is 1.81 bits per heavy atom. The molecule has 0 saturated heterocycles. The molecule has 5 nitrogen and oxygen atoms in total. The summed E-state index contributed by atoms with van der Waals surface area (Å²) in [4.78, 5) is 21.7. The lowest BCUT2D eigenvalue weighted by molar-refractivity contribution is -0.135. The van der Waals surface area contributed by atoms with E-state index in [9.17, 15) is 9.59 Å². The normalized spacial score (nSPS) is 42.6. The van der Waals surface area contributed by atoms with E-state index in [1.165, 1.54) is 19.3 Å². The first-order valence-corrected chi connectivity index (χ1v) is 5.93. The molecule has 88 valence electrons. The Balaban J connectivity index is 1.48. The number of carbonyl (C=O) groups is 2. The molecule has 3 rings (SSSR count). The Kier molecular flexibility index (Phi) is 2.09. The Hall–Kier alpha value is -1.26. The van der Waals surface area contributed by atoms with E-state index in [-0.39, 0.29) is 12.6 Å². The summed E-state index contributed by atoms with van der Waals surface area (Å²) in [5.41, 5.74) is 0. The van der Waals surface area contributed by atoms with Gasteiger partial charge in [-0.25, -0.2) is 4.79 Å². The molecule has 5 heteroatoms. The Morgan fingerprint density at radius 3 is 2.38 bits per heavy atom. The fourth-order valence-corrected chi connectivity index (χ4v) is 3.88. The van der Waals surface area contributed by atoms with Gasteiger partial charge in [-0.05, 0) is 42.9 Å². The van der Waals surface area contributed by atoms with Gasteiger partial charge in [0.15, 0.2) is 0 Å². The molecular formula is C11H16N2O3. The summed E-state index contributed by atoms with van der Waals surface area (Å²) in [7, 11) is 0. The zero-order valence-electron chi connectivity index (χ0n) is 8.98. The number of nitrogens with one attached hydrogen (secondary N) is 2. The van der Waals surface area contributed by atoms with E-state index in [1.807, 2.05) is 0 Å². The highest BCUT2D eigenvalue weighted by molar-refractivity contribution is 5.80. The number of carboxylic acid groups (broad SMARTS) is 1. The van der Waals surface area contributed by atoms with Gasteiger partial charge in [0.25, 0.3) is 0 Å². The predicted octanol–water partition coefficient (Wildman–Crippen LogP) is 0.415. The van der Waals surface area contributed by atoms with E-state index in [2.05, 4.69) is 10.6 Å². The lowest BCUT2D eigenvalue weighted by Crippen LogP contribution is -2.41. The summed E-state index contributed by atoms with van der Waals surface area (Å²) in [6, 6.07) is -0.0127. The number of carboxylic acids is 1. The fourth-order valence-electron chi connectivity index (χ4n) is 3.88. The highest BCUT2D eigenvalue weighted by atomic mass is 16.4. The quantitative estimate of drug-likeness (QED) is 0.650. The van der Waals surface area contributed by atoms with Crippen LogP contribution in [0, 0.1) is 23.7 Å². The predicted molar refractivity (Wildman–Crippen MR) is 55.8 cm³/mol. The van der Waals surface area contributed by atoms with Crippen LogP contribution in [0.3, 0.4) is 0 Å². The van der Waals surface area contributed by atoms with Crippen LogP contribution >= 0.6 is 0 Å². The second-order valence-corrected chi connectivity index (χ2v) is 5.23. The maximum absolute atomic E-state index is 11.4. The lowest BCUT2D eigenvalue weighted by atomic mass is 10.0. The average Bonchev–Trinajstić information content (AvgIpc) is 2.66. The average molecular weight is 224 g/mol. The molecule has 2 bridgehead atoms. The number of urea groups is 1. The van der Waals surface area contributed by atoms with Gasteiger partial charge in [-0.2, -0.15) is 0 Å². The highest BCUT2D eigenvalue weighted by Gasteiger charge is 2.65. The summed E-state index contributed by atoms with van der Waals surface area (Å²) >= 11 is 0. The van der Waals surface area contributed by atoms with Crippen molar-refractivity contribution in [2.75, 3.05) is 6.54 Å². The molecule has 0 spiro atoms. The Labute approximate surface area is 93.6 Å². The van der Waals surface area contributed by atoms with Crippen LogP contribution in [0.25, 0.3) is 0 Å². The number of hydrogen-bond donors (Lipinski definition) is 3. The molecule has 0 aliphatic heterocycles. The van der Waals surface area contributed by atoms with Crippen molar-refractivity contribution < 1.29 is 14.7 Å². The van der Waals surface area contributed by atoms with E-state index < -0.39 is 5.97 Å². The van der Waals surface area contributed by atoms with Gasteiger partial charge in [0.2, 0.25) is 0 Å². The number of hydrogen-bond acceptors (Lipinski definition) is 2. The van der Waals surface area contributed by atoms with Gasteiger partial charge in [-0.3, -0.25) is 4.79 Å². The number of fused-ring (bicyclic) bond motifs is 5. The fraction of sp³-hybridized carbons (Fsp3) is 0.818. The van der Waals surface area contributed by atoms with Gasteiger partial charge < -0.3 is 15.7 Å². The monoisotopic (exact) mass is 224 g/mol. The molecule has 3 aliphatic rings. The Bertz CT molecular complexity index is 328. The molecule has 3 aliphatic carbocycles. The maximum Gasteiger partial charge on any atom is 0.323 e. The topological polar surface area (TPSA) is 78.4 Å². The van der Waals surface area contributed by atoms with E-state index >= 15 is 0 Å². The van der Waals surface area contributed by atoms with Crippen molar-refractivity contribution in [3.05, 3.63) is 0 Å². The molecule has 4 unspecified atom stereocenters. The van der Waals surface area contributed by atoms with Crippen molar-refractivity contribution in [1.29, 1.82) is 0 Å². The van der Waals surface area contributed by atoms with Gasteiger partial charge in [0.1, 0.15) is 6.54 Å². The van der Waals surface area contributed by atoms with Crippen LogP contribution in [0.5, 0.6) is 0 Å². The van der Waals surface area contributed by atoms with Crippen molar-refractivity contribution in [2.24, 2.45) is 23.7 Å². The molecule has 0 aromatic rings. The molecule has 3 N–H and O–H groups in total. The first-order chi connectivity index (χ1) is 7.66. The van der Waals surface area contributed by atoms with E-state index in [1.54, 1.807) is 0 Å². The number of rotatable bonds is 3. The second-order valence-electron chi connectivity index (χ2n) is 5.23. The van der Waals surface area contributed by atoms with Crippen molar-refractivity contribution in [3.8, 4) is 0 Å². The standard InChI is InChI=1S/C11H16N2O3/c14-7(15)4-12-11(16)13-10-8-5-1-2-6(3-5)9(8)10/h5-6,8-10H,1-4H2,(H,14,15)(H2,12,13,16). The number of carbonyl (C=O) groups excluding carboxylic acids is 1. The van der Waals surface area contributed by atoms with Crippen molar-refractivity contribution in [3.63, 3.8) is 0 Å². The summed E-state index contributed by atoms with van der Waals surface area (Å²) in [6.07, 6.45) is 3.99. The zero-order chi connectivity index (χ0) is 11.3. The molecule has 0 aromatic carbocycles. The van der Waals surface area contributed by atoms with Crippen LogP contribution in [0.2, 0.25) is 0 Å². The van der Waals surface area contributed by atoms with E-state index in [4.69, 9.17) is 5.11 Å². The minimum atomic E-state index is -1.01. The van der Waals surface area contributed by atoms with Crippen LogP contribution in [0.15, 0.2) is 0 Å². The lowest BCUT2D eigenvalue weighted by Gasteiger charge is -2.10. The van der Waals surface area contributed by atoms with Crippen LogP contribution in [-0.4, -0.2) is 29.7 Å². The summed E-state index contributed by atoms with van der Waals surface area (Å²) in [5, 5.41) is 13.7. The molecule has 2 amide bonds. The highest BCUT2D eigenvalue weighted by Crippen LogP contribution is 2.65. The number of aliphatic carboxylic acids is 1.